The molecule has 4 rings (SSSR count). The Morgan fingerprint density at radius 1 is 0.892 bits per heavy atom. The SMILES string of the molecule is COc1ccccc1NC(=S)Nc1cccc(SC(C(=O)Nc2ccc(Br)cc2F)c2ccccc2)c1. The van der Waals surface area contributed by atoms with Gasteiger partial charge in [-0.25, -0.2) is 4.39 Å². The van der Waals surface area contributed by atoms with Crippen molar-refractivity contribution in [3.63, 3.8) is 0 Å². The number of amides is 1. The van der Waals surface area contributed by atoms with Gasteiger partial charge in [-0.15, -0.1) is 11.8 Å². The summed E-state index contributed by atoms with van der Waals surface area (Å²) in [5.74, 6) is -0.166. The lowest BCUT2D eigenvalue weighted by molar-refractivity contribution is -0.115. The van der Waals surface area contributed by atoms with E-state index in [4.69, 9.17) is 17.0 Å². The van der Waals surface area contributed by atoms with E-state index in [1.54, 1.807) is 13.2 Å². The number of para-hydroxylation sites is 2. The molecule has 0 heterocycles. The molecule has 3 N–H and O–H groups in total. The normalized spacial score (nSPS) is 11.3. The minimum absolute atomic E-state index is 0.123. The standard InChI is InChI=1S/C28H23BrFN3O2S2/c1-35-25-13-6-5-12-24(25)33-28(36)31-20-10-7-11-21(17-20)37-26(18-8-3-2-4-9-18)27(34)32-23-15-14-19(29)16-22(23)30/h2-17,26H,1H3,(H,32,34)(H2,31,33,36). The van der Waals surface area contributed by atoms with Crippen molar-refractivity contribution in [1.29, 1.82) is 0 Å². The lowest BCUT2D eigenvalue weighted by atomic mass is 10.1. The number of thioether (sulfide) groups is 1. The van der Waals surface area contributed by atoms with Gasteiger partial charge >= 0.3 is 0 Å². The quantitative estimate of drug-likeness (QED) is 0.142. The molecular weight excluding hydrogens is 573 g/mol. The first-order valence-corrected chi connectivity index (χ1v) is 13.3. The first-order chi connectivity index (χ1) is 17.9. The summed E-state index contributed by atoms with van der Waals surface area (Å²) in [6, 6.07) is 29.0. The molecule has 1 atom stereocenters. The van der Waals surface area contributed by atoms with Crippen LogP contribution >= 0.6 is 39.9 Å². The molecule has 0 bridgehead atoms. The van der Waals surface area contributed by atoms with Gasteiger partial charge in [0.15, 0.2) is 5.11 Å². The van der Waals surface area contributed by atoms with Crippen LogP contribution in [0.2, 0.25) is 0 Å². The summed E-state index contributed by atoms with van der Waals surface area (Å²) in [5.41, 5.74) is 2.42. The van der Waals surface area contributed by atoms with Crippen molar-refractivity contribution in [2.75, 3.05) is 23.1 Å². The maximum absolute atomic E-state index is 14.4. The van der Waals surface area contributed by atoms with Gasteiger partial charge in [0.1, 0.15) is 16.8 Å². The van der Waals surface area contributed by atoms with Crippen LogP contribution in [0.15, 0.2) is 106 Å². The van der Waals surface area contributed by atoms with E-state index in [9.17, 15) is 9.18 Å². The number of hydrogen-bond donors (Lipinski definition) is 3. The summed E-state index contributed by atoms with van der Waals surface area (Å²) in [7, 11) is 1.60. The van der Waals surface area contributed by atoms with Crippen molar-refractivity contribution >= 4 is 68.0 Å². The van der Waals surface area contributed by atoms with E-state index in [1.807, 2.05) is 78.9 Å². The smallest absolute Gasteiger partial charge is 0.242 e. The van der Waals surface area contributed by atoms with Crippen molar-refractivity contribution < 1.29 is 13.9 Å². The number of methoxy groups -OCH3 is 1. The number of halogens is 2. The fourth-order valence-corrected chi connectivity index (χ4v) is 5.15. The van der Waals surface area contributed by atoms with Gasteiger partial charge in [-0.2, -0.15) is 0 Å². The first kappa shape index (κ1) is 26.7. The third kappa shape index (κ3) is 7.31. The Labute approximate surface area is 233 Å². The fraction of sp³-hybridized carbons (Fsp3) is 0.0714. The summed E-state index contributed by atoms with van der Waals surface area (Å²) < 4.78 is 20.4. The minimum atomic E-state index is -0.613. The summed E-state index contributed by atoms with van der Waals surface area (Å²) in [6.45, 7) is 0. The maximum atomic E-state index is 14.4. The Bertz CT molecular complexity index is 1410. The molecule has 0 spiro atoms. The van der Waals surface area contributed by atoms with Crippen LogP contribution in [-0.4, -0.2) is 18.1 Å². The Morgan fingerprint density at radius 2 is 1.65 bits per heavy atom. The summed E-state index contributed by atoms with van der Waals surface area (Å²) >= 11 is 10.1. The molecule has 37 heavy (non-hydrogen) atoms. The van der Waals surface area contributed by atoms with Gasteiger partial charge in [0.2, 0.25) is 5.91 Å². The highest BCUT2D eigenvalue weighted by molar-refractivity contribution is 9.10. The maximum Gasteiger partial charge on any atom is 0.242 e. The molecule has 4 aromatic rings. The predicted molar refractivity (Wildman–Crippen MR) is 157 cm³/mol. The van der Waals surface area contributed by atoms with Crippen LogP contribution in [-0.2, 0) is 4.79 Å². The topological polar surface area (TPSA) is 62.4 Å². The average Bonchev–Trinajstić information content (AvgIpc) is 2.90. The van der Waals surface area contributed by atoms with Gasteiger partial charge in [0, 0.05) is 15.1 Å². The Hall–Kier alpha value is -3.40. The van der Waals surface area contributed by atoms with Crippen molar-refractivity contribution in [3.8, 4) is 5.75 Å². The largest absolute Gasteiger partial charge is 0.495 e. The van der Waals surface area contributed by atoms with Crippen LogP contribution in [0, 0.1) is 5.82 Å². The van der Waals surface area contributed by atoms with Gasteiger partial charge in [-0.1, -0.05) is 64.5 Å². The number of benzene rings is 4. The third-order valence-corrected chi connectivity index (χ3v) is 7.18. The van der Waals surface area contributed by atoms with Gasteiger partial charge < -0.3 is 20.7 Å². The second kappa shape index (κ2) is 12.7. The zero-order chi connectivity index (χ0) is 26.2. The molecule has 0 fully saturated rings. The molecule has 0 aliphatic rings. The number of rotatable bonds is 8. The van der Waals surface area contributed by atoms with E-state index in [2.05, 4.69) is 31.9 Å². The number of carbonyl (C=O) groups is 1. The van der Waals surface area contributed by atoms with Crippen molar-refractivity contribution in [2.45, 2.75) is 10.1 Å². The molecule has 5 nitrogen and oxygen atoms in total. The minimum Gasteiger partial charge on any atom is -0.495 e. The van der Waals surface area contributed by atoms with E-state index in [0.29, 0.717) is 15.3 Å². The Kier molecular flexibility index (Phi) is 9.16. The molecule has 4 aromatic carbocycles. The monoisotopic (exact) mass is 595 g/mol. The molecular formula is C28H23BrFN3O2S2. The van der Waals surface area contributed by atoms with E-state index >= 15 is 0 Å². The molecule has 9 heteroatoms. The molecule has 188 valence electrons. The molecule has 1 unspecified atom stereocenters. The lowest BCUT2D eigenvalue weighted by Crippen LogP contribution is -2.20. The second-order valence-electron chi connectivity index (χ2n) is 7.83. The summed E-state index contributed by atoms with van der Waals surface area (Å²) in [5, 5.41) is 8.82. The zero-order valence-electron chi connectivity index (χ0n) is 19.7. The van der Waals surface area contributed by atoms with Gasteiger partial charge in [-0.05, 0) is 66.3 Å². The van der Waals surface area contributed by atoms with E-state index < -0.39 is 11.1 Å². The summed E-state index contributed by atoms with van der Waals surface area (Å²) in [6.07, 6.45) is 0. The van der Waals surface area contributed by atoms with Gasteiger partial charge in [0.25, 0.3) is 0 Å². The lowest BCUT2D eigenvalue weighted by Gasteiger charge is -2.18. The number of hydrogen-bond acceptors (Lipinski definition) is 4. The molecule has 0 aliphatic heterocycles. The van der Waals surface area contributed by atoms with Gasteiger partial charge in [0.05, 0.1) is 18.5 Å². The number of anilines is 3. The zero-order valence-corrected chi connectivity index (χ0v) is 22.9. The Morgan fingerprint density at radius 3 is 2.41 bits per heavy atom. The van der Waals surface area contributed by atoms with Crippen LogP contribution in [0.3, 0.4) is 0 Å². The van der Waals surface area contributed by atoms with Gasteiger partial charge in [-0.3, -0.25) is 4.79 Å². The Balaban J connectivity index is 1.51. The average molecular weight is 597 g/mol. The second-order valence-corrected chi connectivity index (χ2v) is 10.3. The third-order valence-electron chi connectivity index (χ3n) is 5.23. The highest BCUT2D eigenvalue weighted by Crippen LogP contribution is 2.37. The van der Waals surface area contributed by atoms with Crippen molar-refractivity contribution in [3.05, 3.63) is 113 Å². The summed E-state index contributed by atoms with van der Waals surface area (Å²) in [4.78, 5) is 14.2. The highest BCUT2D eigenvalue weighted by atomic mass is 79.9. The first-order valence-electron chi connectivity index (χ1n) is 11.2. The predicted octanol–water partition coefficient (Wildman–Crippen LogP) is 7.88. The molecule has 0 saturated carbocycles. The number of carbonyl (C=O) groups excluding carboxylic acids is 1. The highest BCUT2D eigenvalue weighted by Gasteiger charge is 2.23. The van der Waals surface area contributed by atoms with Crippen molar-refractivity contribution in [1.82, 2.24) is 0 Å². The molecule has 0 aromatic heterocycles. The van der Waals surface area contributed by atoms with E-state index in [-0.39, 0.29) is 11.6 Å². The van der Waals surface area contributed by atoms with Crippen molar-refractivity contribution in [2.24, 2.45) is 0 Å². The van der Waals surface area contributed by atoms with Crippen LogP contribution in [0.4, 0.5) is 21.5 Å². The van der Waals surface area contributed by atoms with Crippen LogP contribution in [0.1, 0.15) is 10.8 Å². The van der Waals surface area contributed by atoms with E-state index in [0.717, 1.165) is 21.8 Å². The number of thiocarbonyl (C=S) groups is 1. The molecule has 1 amide bonds. The fourth-order valence-electron chi connectivity index (χ4n) is 3.51. The molecule has 0 aliphatic carbocycles. The molecule has 0 radical (unpaired) electrons. The van der Waals surface area contributed by atoms with E-state index in [1.165, 1.54) is 23.9 Å². The van der Waals surface area contributed by atoms with Crippen LogP contribution < -0.4 is 20.7 Å². The number of nitrogens with one attached hydrogen (secondary N) is 3. The van der Waals surface area contributed by atoms with Crippen LogP contribution in [0.5, 0.6) is 5.75 Å². The molecule has 0 saturated heterocycles. The number of ether oxygens (including phenoxy) is 1. The van der Waals surface area contributed by atoms with Crippen LogP contribution in [0.25, 0.3) is 0 Å².